The number of rotatable bonds is 2. The van der Waals surface area contributed by atoms with Crippen LogP contribution in [0.5, 0.6) is 0 Å². The maximum Gasteiger partial charge on any atom is 0.416 e. The van der Waals surface area contributed by atoms with Gasteiger partial charge in [0.2, 0.25) is 0 Å². The number of carbonyl (C=O) groups excluding carboxylic acids is 1. The van der Waals surface area contributed by atoms with E-state index in [0.717, 1.165) is 18.2 Å². The topological polar surface area (TPSA) is 63.2 Å². The van der Waals surface area contributed by atoms with Crippen molar-refractivity contribution in [2.24, 2.45) is 0 Å². The van der Waals surface area contributed by atoms with E-state index in [9.17, 15) is 26.4 Å². The molecule has 1 saturated heterocycles. The van der Waals surface area contributed by atoms with Crippen LogP contribution >= 0.6 is 0 Å². The van der Waals surface area contributed by atoms with E-state index >= 15 is 0 Å². The monoisotopic (exact) mass is 307 g/mol. The van der Waals surface area contributed by atoms with E-state index in [2.05, 4.69) is 5.32 Å². The van der Waals surface area contributed by atoms with E-state index in [0.29, 0.717) is 0 Å². The van der Waals surface area contributed by atoms with E-state index in [-0.39, 0.29) is 23.5 Å². The van der Waals surface area contributed by atoms with Gasteiger partial charge in [0, 0.05) is 11.6 Å². The Labute approximate surface area is 113 Å². The molecule has 0 unspecified atom stereocenters. The van der Waals surface area contributed by atoms with Gasteiger partial charge in [-0.3, -0.25) is 4.79 Å². The van der Waals surface area contributed by atoms with Crippen LogP contribution in [0.4, 0.5) is 13.2 Å². The zero-order valence-corrected chi connectivity index (χ0v) is 11.1. The van der Waals surface area contributed by atoms with Crippen LogP contribution in [0.1, 0.15) is 22.3 Å². The lowest BCUT2D eigenvalue weighted by Crippen LogP contribution is -2.35. The molecule has 0 radical (unpaired) electrons. The number of carbonyl (C=O) groups is 1. The fourth-order valence-electron chi connectivity index (χ4n) is 2.01. The Morgan fingerprint density at radius 3 is 2.55 bits per heavy atom. The summed E-state index contributed by atoms with van der Waals surface area (Å²) < 4.78 is 60.1. The highest BCUT2D eigenvalue weighted by molar-refractivity contribution is 7.91. The van der Waals surface area contributed by atoms with Gasteiger partial charge in [0.15, 0.2) is 9.84 Å². The number of nitrogens with one attached hydrogen (secondary N) is 1. The second kappa shape index (κ2) is 5.08. The predicted molar refractivity (Wildman–Crippen MR) is 66.0 cm³/mol. The molecule has 1 aromatic carbocycles. The summed E-state index contributed by atoms with van der Waals surface area (Å²) in [6.45, 7) is 0. The maximum atomic E-state index is 12.5. The van der Waals surface area contributed by atoms with Gasteiger partial charge in [0.25, 0.3) is 5.91 Å². The van der Waals surface area contributed by atoms with Crippen LogP contribution in [-0.2, 0) is 16.0 Å². The first-order valence-corrected chi connectivity index (χ1v) is 7.68. The van der Waals surface area contributed by atoms with Crippen LogP contribution in [0, 0.1) is 0 Å². The smallest absolute Gasteiger partial charge is 0.348 e. The van der Waals surface area contributed by atoms with Crippen molar-refractivity contribution < 1.29 is 26.4 Å². The van der Waals surface area contributed by atoms with Gasteiger partial charge in [-0.15, -0.1) is 0 Å². The van der Waals surface area contributed by atoms with Gasteiger partial charge in [-0.1, -0.05) is 6.07 Å². The third kappa shape index (κ3) is 3.50. The minimum absolute atomic E-state index is 0.0134. The molecule has 0 spiro atoms. The van der Waals surface area contributed by atoms with Crippen molar-refractivity contribution in [3.05, 3.63) is 35.4 Å². The first-order valence-electron chi connectivity index (χ1n) is 5.86. The summed E-state index contributed by atoms with van der Waals surface area (Å²) in [6.07, 6.45) is -4.24. The van der Waals surface area contributed by atoms with Crippen molar-refractivity contribution in [1.29, 1.82) is 0 Å². The standard InChI is InChI=1S/C12H12F3NO3S/c13-12(14,15)9-3-1-2-8(6-9)11(17)16-10-4-5-20(18,19)7-10/h1-3,6,10H,4-5,7H2,(H,16,17)/t10-/m1/s1. The number of sulfone groups is 1. The molecule has 1 aromatic rings. The van der Waals surface area contributed by atoms with Gasteiger partial charge in [0.1, 0.15) is 0 Å². The summed E-state index contributed by atoms with van der Waals surface area (Å²) in [4.78, 5) is 11.8. The Balaban J connectivity index is 2.10. The van der Waals surface area contributed by atoms with Crippen LogP contribution in [0.25, 0.3) is 0 Å². The van der Waals surface area contributed by atoms with E-state index in [1.54, 1.807) is 0 Å². The molecule has 1 atom stereocenters. The first kappa shape index (κ1) is 14.8. The fraction of sp³-hybridized carbons (Fsp3) is 0.417. The zero-order valence-electron chi connectivity index (χ0n) is 10.3. The van der Waals surface area contributed by atoms with Crippen LogP contribution in [0.2, 0.25) is 0 Å². The predicted octanol–water partition coefficient (Wildman–Crippen LogP) is 1.62. The molecule has 8 heteroatoms. The average molecular weight is 307 g/mol. The summed E-state index contributed by atoms with van der Waals surface area (Å²) in [5.41, 5.74) is -1.05. The molecule has 0 aliphatic carbocycles. The lowest BCUT2D eigenvalue weighted by molar-refractivity contribution is -0.137. The van der Waals surface area contributed by atoms with E-state index < -0.39 is 33.5 Å². The summed E-state index contributed by atoms with van der Waals surface area (Å²) in [5.74, 6) is -0.878. The lowest BCUT2D eigenvalue weighted by atomic mass is 10.1. The Morgan fingerprint density at radius 2 is 2.00 bits per heavy atom. The fourth-order valence-corrected chi connectivity index (χ4v) is 3.69. The van der Waals surface area contributed by atoms with Crippen molar-refractivity contribution in [2.75, 3.05) is 11.5 Å². The second-order valence-electron chi connectivity index (χ2n) is 4.65. The quantitative estimate of drug-likeness (QED) is 0.903. The van der Waals surface area contributed by atoms with Gasteiger partial charge in [-0.05, 0) is 24.6 Å². The molecule has 110 valence electrons. The molecule has 1 heterocycles. The van der Waals surface area contributed by atoms with Crippen LogP contribution in [0.3, 0.4) is 0 Å². The summed E-state index contributed by atoms with van der Waals surface area (Å²) in [6, 6.07) is 3.48. The van der Waals surface area contributed by atoms with Crippen molar-refractivity contribution in [1.82, 2.24) is 5.32 Å². The minimum atomic E-state index is -4.52. The van der Waals surface area contributed by atoms with Crippen molar-refractivity contribution in [3.8, 4) is 0 Å². The second-order valence-corrected chi connectivity index (χ2v) is 6.88. The van der Waals surface area contributed by atoms with Crippen molar-refractivity contribution in [3.63, 3.8) is 0 Å². The third-order valence-corrected chi connectivity index (χ3v) is 4.79. The summed E-state index contributed by atoms with van der Waals surface area (Å²) >= 11 is 0. The number of hydrogen-bond donors (Lipinski definition) is 1. The number of alkyl halides is 3. The van der Waals surface area contributed by atoms with Crippen LogP contribution < -0.4 is 5.32 Å². The third-order valence-electron chi connectivity index (χ3n) is 3.02. The Kier molecular flexibility index (Phi) is 3.77. The highest BCUT2D eigenvalue weighted by Crippen LogP contribution is 2.29. The molecule has 1 fully saturated rings. The molecule has 0 bridgehead atoms. The zero-order chi connectivity index (χ0) is 15.0. The normalized spacial score (nSPS) is 21.6. The number of halogens is 3. The molecule has 2 rings (SSSR count). The molecular formula is C12H12F3NO3S. The van der Waals surface area contributed by atoms with E-state index in [4.69, 9.17) is 0 Å². The van der Waals surface area contributed by atoms with Crippen molar-refractivity contribution in [2.45, 2.75) is 18.6 Å². The van der Waals surface area contributed by atoms with Gasteiger partial charge in [0.05, 0.1) is 17.1 Å². The Morgan fingerprint density at radius 1 is 1.30 bits per heavy atom. The molecule has 4 nitrogen and oxygen atoms in total. The number of hydrogen-bond acceptors (Lipinski definition) is 3. The molecule has 20 heavy (non-hydrogen) atoms. The Bertz CT molecular complexity index is 625. The van der Waals surface area contributed by atoms with Crippen LogP contribution in [0.15, 0.2) is 24.3 Å². The molecule has 1 N–H and O–H groups in total. The largest absolute Gasteiger partial charge is 0.416 e. The van der Waals surface area contributed by atoms with Gasteiger partial charge in [-0.2, -0.15) is 13.2 Å². The molecular weight excluding hydrogens is 295 g/mol. The van der Waals surface area contributed by atoms with Gasteiger partial charge < -0.3 is 5.32 Å². The highest BCUT2D eigenvalue weighted by Gasteiger charge is 2.32. The van der Waals surface area contributed by atoms with Gasteiger partial charge >= 0.3 is 6.18 Å². The molecule has 1 aliphatic rings. The van der Waals surface area contributed by atoms with E-state index in [1.165, 1.54) is 6.07 Å². The Hall–Kier alpha value is -1.57. The lowest BCUT2D eigenvalue weighted by Gasteiger charge is -2.12. The average Bonchev–Trinajstić information content (AvgIpc) is 2.68. The van der Waals surface area contributed by atoms with E-state index in [1.807, 2.05) is 0 Å². The first-order chi connectivity index (χ1) is 9.17. The van der Waals surface area contributed by atoms with Crippen molar-refractivity contribution >= 4 is 15.7 Å². The van der Waals surface area contributed by atoms with Gasteiger partial charge in [-0.25, -0.2) is 8.42 Å². The van der Waals surface area contributed by atoms with Crippen LogP contribution in [-0.4, -0.2) is 31.9 Å². The minimum Gasteiger partial charge on any atom is -0.348 e. The number of benzene rings is 1. The molecule has 1 amide bonds. The molecule has 0 saturated carbocycles. The molecule has 0 aromatic heterocycles. The highest BCUT2D eigenvalue weighted by atomic mass is 32.2. The number of amides is 1. The maximum absolute atomic E-state index is 12.5. The molecule has 1 aliphatic heterocycles. The SMILES string of the molecule is O=C(N[C@@H]1CCS(=O)(=O)C1)c1cccc(C(F)(F)F)c1. The summed E-state index contributed by atoms with van der Waals surface area (Å²) in [7, 11) is -3.15. The summed E-state index contributed by atoms with van der Waals surface area (Å²) in [5, 5.41) is 2.44.